The molecule has 0 atom stereocenters. The number of rotatable bonds is 4. The molecule has 0 aliphatic carbocycles. The third-order valence-electron chi connectivity index (χ3n) is 2.69. The number of thioether (sulfide) groups is 1. The number of carbonyl (C=O) groups is 1. The highest BCUT2D eigenvalue weighted by atomic mass is 32.2. The van der Waals surface area contributed by atoms with E-state index in [1.165, 1.54) is 21.8 Å². The maximum Gasteiger partial charge on any atom is 0.313 e. The molecule has 0 saturated carbocycles. The lowest BCUT2D eigenvalue weighted by Crippen LogP contribution is -2.00. The molecule has 3 rings (SSSR count). The second-order valence-electron chi connectivity index (χ2n) is 4.17. The van der Waals surface area contributed by atoms with Gasteiger partial charge in [0.05, 0.1) is 10.6 Å². The minimum Gasteiger partial charge on any atom is -0.481 e. The van der Waals surface area contributed by atoms with E-state index in [-0.39, 0.29) is 5.75 Å². The first kappa shape index (κ1) is 13.1. The highest BCUT2D eigenvalue weighted by molar-refractivity contribution is 7.99. The van der Waals surface area contributed by atoms with Gasteiger partial charge in [0.15, 0.2) is 11.0 Å². The zero-order valence-electron chi connectivity index (χ0n) is 10.6. The molecule has 2 aromatic heterocycles. The number of hydrogen-bond donors (Lipinski definition) is 1. The van der Waals surface area contributed by atoms with Crippen LogP contribution in [0.2, 0.25) is 0 Å². The zero-order valence-corrected chi connectivity index (χ0v) is 12.2. The number of hydrogen-bond acceptors (Lipinski definition) is 5. The average Bonchev–Trinajstić information content (AvgIpc) is 2.99. The van der Waals surface area contributed by atoms with Crippen LogP contribution in [0.3, 0.4) is 0 Å². The largest absolute Gasteiger partial charge is 0.481 e. The normalized spacial score (nSPS) is 11.1. The van der Waals surface area contributed by atoms with E-state index in [0.717, 1.165) is 4.88 Å². The average molecular weight is 305 g/mol. The Kier molecular flexibility index (Phi) is 3.45. The third-order valence-corrected chi connectivity index (χ3v) is 4.81. The van der Waals surface area contributed by atoms with E-state index in [4.69, 9.17) is 5.11 Å². The number of thiophene rings is 1. The van der Waals surface area contributed by atoms with Gasteiger partial charge in [-0.3, -0.25) is 4.79 Å². The molecule has 0 bridgehead atoms. The van der Waals surface area contributed by atoms with Crippen LogP contribution in [0.1, 0.15) is 0 Å². The van der Waals surface area contributed by atoms with E-state index in [0.29, 0.717) is 11.0 Å². The Morgan fingerprint density at radius 1 is 1.45 bits per heavy atom. The van der Waals surface area contributed by atoms with Crippen LogP contribution >= 0.6 is 23.1 Å². The van der Waals surface area contributed by atoms with Crippen LogP contribution < -0.4 is 0 Å². The molecule has 0 radical (unpaired) electrons. The Labute approximate surface area is 123 Å². The van der Waals surface area contributed by atoms with Crippen molar-refractivity contribution in [2.45, 2.75) is 5.16 Å². The summed E-state index contributed by atoms with van der Waals surface area (Å²) in [5, 5.41) is 14.8. The van der Waals surface area contributed by atoms with Crippen LogP contribution in [0.15, 0.2) is 35.5 Å². The van der Waals surface area contributed by atoms with Crippen molar-refractivity contribution in [3.8, 4) is 10.7 Å². The van der Waals surface area contributed by atoms with Crippen molar-refractivity contribution < 1.29 is 9.90 Å². The van der Waals surface area contributed by atoms with Crippen LogP contribution in [0.4, 0.5) is 0 Å². The fourth-order valence-electron chi connectivity index (χ4n) is 1.82. The van der Waals surface area contributed by atoms with Gasteiger partial charge in [-0.25, -0.2) is 9.67 Å². The van der Waals surface area contributed by atoms with Crippen LogP contribution in [-0.2, 0) is 11.8 Å². The summed E-state index contributed by atoms with van der Waals surface area (Å²) in [5.41, 5.74) is 0. The zero-order chi connectivity index (χ0) is 14.1. The lowest BCUT2D eigenvalue weighted by molar-refractivity contribution is -0.133. The summed E-state index contributed by atoms with van der Waals surface area (Å²) in [6.07, 6.45) is 0. The molecule has 0 aliphatic heterocycles. The van der Waals surface area contributed by atoms with Crippen LogP contribution in [-0.4, -0.2) is 31.6 Å². The molecule has 0 unspecified atom stereocenters. The van der Waals surface area contributed by atoms with Gasteiger partial charge in [0.25, 0.3) is 0 Å². The summed E-state index contributed by atoms with van der Waals surface area (Å²) in [6.45, 7) is 0. The summed E-state index contributed by atoms with van der Waals surface area (Å²) in [7, 11) is 1.77. The first-order valence-electron chi connectivity index (χ1n) is 5.88. The minimum absolute atomic E-state index is 0.0155. The van der Waals surface area contributed by atoms with E-state index < -0.39 is 5.97 Å². The van der Waals surface area contributed by atoms with Gasteiger partial charge >= 0.3 is 5.97 Å². The lowest BCUT2D eigenvalue weighted by atomic mass is 10.2. The summed E-state index contributed by atoms with van der Waals surface area (Å²) in [6, 6.07) is 10.2. The molecule has 7 heteroatoms. The van der Waals surface area contributed by atoms with E-state index in [1.807, 2.05) is 12.1 Å². The summed E-state index contributed by atoms with van der Waals surface area (Å²) in [4.78, 5) is 16.0. The number of aromatic nitrogens is 3. The first-order valence-corrected chi connectivity index (χ1v) is 7.68. The number of carboxylic acid groups (broad SMARTS) is 1. The second-order valence-corrected chi connectivity index (χ2v) is 6.20. The Bertz CT molecular complexity index is 746. The molecule has 0 amide bonds. The van der Waals surface area contributed by atoms with Gasteiger partial charge in [-0.15, -0.1) is 16.4 Å². The number of aryl methyl sites for hydroxylation is 1. The monoisotopic (exact) mass is 305 g/mol. The van der Waals surface area contributed by atoms with Gasteiger partial charge in [0.1, 0.15) is 0 Å². The predicted molar refractivity (Wildman–Crippen MR) is 80.2 cm³/mol. The van der Waals surface area contributed by atoms with Gasteiger partial charge in [-0.1, -0.05) is 30.0 Å². The molecular formula is C13H11N3O2S2. The number of benzene rings is 1. The molecule has 102 valence electrons. The van der Waals surface area contributed by atoms with Crippen molar-refractivity contribution in [2.75, 3.05) is 5.75 Å². The summed E-state index contributed by atoms with van der Waals surface area (Å²) < 4.78 is 2.81. The van der Waals surface area contributed by atoms with Crippen molar-refractivity contribution in [3.63, 3.8) is 0 Å². The fraction of sp³-hybridized carbons (Fsp3) is 0.154. The topological polar surface area (TPSA) is 68.0 Å². The van der Waals surface area contributed by atoms with E-state index >= 15 is 0 Å². The maximum absolute atomic E-state index is 10.6. The Morgan fingerprint density at radius 3 is 3.00 bits per heavy atom. The van der Waals surface area contributed by atoms with Gasteiger partial charge < -0.3 is 5.11 Å². The molecule has 3 aromatic rings. The van der Waals surface area contributed by atoms with E-state index in [9.17, 15) is 4.79 Å². The Hall–Kier alpha value is -1.86. The summed E-state index contributed by atoms with van der Waals surface area (Å²) in [5.74, 6) is -0.235. The van der Waals surface area contributed by atoms with Gasteiger partial charge in [0, 0.05) is 11.7 Å². The number of carboxylic acids is 1. The molecule has 5 nitrogen and oxygen atoms in total. The van der Waals surface area contributed by atoms with Gasteiger partial charge in [0.2, 0.25) is 0 Å². The van der Waals surface area contributed by atoms with Crippen molar-refractivity contribution in [2.24, 2.45) is 7.05 Å². The van der Waals surface area contributed by atoms with Gasteiger partial charge in [-0.05, 0) is 17.5 Å². The Balaban J connectivity index is 1.93. The molecule has 0 fully saturated rings. The molecular weight excluding hydrogens is 294 g/mol. The first-order chi connectivity index (χ1) is 9.63. The Morgan fingerprint density at radius 2 is 2.25 bits per heavy atom. The fourth-order valence-corrected chi connectivity index (χ4v) is 3.44. The highest BCUT2D eigenvalue weighted by Gasteiger charge is 2.13. The molecule has 0 spiro atoms. The number of aliphatic carboxylic acids is 1. The van der Waals surface area contributed by atoms with Crippen molar-refractivity contribution in [1.82, 2.24) is 14.8 Å². The van der Waals surface area contributed by atoms with Gasteiger partial charge in [-0.2, -0.15) is 0 Å². The predicted octanol–water partition coefficient (Wildman–Crippen LogP) is 2.87. The molecule has 2 heterocycles. The quantitative estimate of drug-likeness (QED) is 0.751. The molecule has 0 aliphatic rings. The van der Waals surface area contributed by atoms with Crippen LogP contribution in [0.25, 0.3) is 20.8 Å². The molecule has 0 saturated heterocycles. The lowest BCUT2D eigenvalue weighted by Gasteiger charge is -1.94. The second kappa shape index (κ2) is 5.26. The van der Waals surface area contributed by atoms with Crippen molar-refractivity contribution >= 4 is 39.2 Å². The highest BCUT2D eigenvalue weighted by Crippen LogP contribution is 2.32. The van der Waals surface area contributed by atoms with Crippen molar-refractivity contribution in [3.05, 3.63) is 30.3 Å². The standard InChI is InChI=1S/C13H11N3O2S2/c1-16-13(19-7-11(17)18)14-12(15-16)10-6-8-4-2-3-5-9(8)20-10/h2-6H,7H2,1H3,(H,17,18). The third kappa shape index (κ3) is 2.54. The van der Waals surface area contributed by atoms with Crippen molar-refractivity contribution in [1.29, 1.82) is 0 Å². The van der Waals surface area contributed by atoms with E-state index in [1.54, 1.807) is 23.1 Å². The van der Waals surface area contributed by atoms with Crippen LogP contribution in [0.5, 0.6) is 0 Å². The SMILES string of the molecule is Cn1nc(-c2cc3ccccc3s2)nc1SCC(=O)O. The minimum atomic E-state index is -0.860. The molecule has 20 heavy (non-hydrogen) atoms. The molecule has 1 N–H and O–H groups in total. The smallest absolute Gasteiger partial charge is 0.313 e. The number of fused-ring (bicyclic) bond motifs is 1. The van der Waals surface area contributed by atoms with E-state index in [2.05, 4.69) is 28.3 Å². The maximum atomic E-state index is 10.6. The van der Waals surface area contributed by atoms with Crippen LogP contribution in [0, 0.1) is 0 Å². The summed E-state index contributed by atoms with van der Waals surface area (Å²) >= 11 is 2.80. The number of nitrogens with zero attached hydrogens (tertiary/aromatic N) is 3. The molecule has 1 aromatic carbocycles.